The van der Waals surface area contributed by atoms with E-state index in [4.69, 9.17) is 9.84 Å². The van der Waals surface area contributed by atoms with E-state index in [0.717, 1.165) is 18.7 Å². The van der Waals surface area contributed by atoms with Gasteiger partial charge in [-0.2, -0.15) is 0 Å². The lowest BCUT2D eigenvalue weighted by Crippen LogP contribution is -2.48. The van der Waals surface area contributed by atoms with Crippen LogP contribution in [-0.2, 0) is 9.59 Å². The number of amides is 1. The minimum Gasteiger partial charge on any atom is -0.497 e. The number of rotatable bonds is 5. The third-order valence-corrected chi connectivity index (χ3v) is 4.09. The third kappa shape index (κ3) is 3.98. The molecule has 1 aliphatic rings. The number of piperidine rings is 1. The summed E-state index contributed by atoms with van der Waals surface area (Å²) in [4.78, 5) is 25.3. The van der Waals surface area contributed by atoms with Crippen LogP contribution in [-0.4, -0.2) is 48.1 Å². The number of ether oxygens (including phenoxy) is 1. The summed E-state index contributed by atoms with van der Waals surface area (Å²) in [5.41, 5.74) is 0.699. The van der Waals surface area contributed by atoms with Crippen molar-refractivity contribution < 1.29 is 19.4 Å². The number of benzene rings is 1. The zero-order valence-corrected chi connectivity index (χ0v) is 12.9. The number of hydrogen-bond acceptors (Lipinski definition) is 4. The molecule has 0 bridgehead atoms. The SMILES string of the molecule is COc1ccc(NC(=O)C(C)N2CCCC(C(=O)O)C2)cc1. The van der Waals surface area contributed by atoms with Gasteiger partial charge < -0.3 is 15.2 Å². The summed E-state index contributed by atoms with van der Waals surface area (Å²) in [6.45, 7) is 2.98. The number of carboxylic acid groups (broad SMARTS) is 1. The first kappa shape index (κ1) is 16.3. The Morgan fingerprint density at radius 2 is 2.05 bits per heavy atom. The van der Waals surface area contributed by atoms with E-state index in [1.165, 1.54) is 0 Å². The Hall–Kier alpha value is -2.08. The Balaban J connectivity index is 1.94. The molecule has 1 amide bonds. The maximum absolute atomic E-state index is 12.3. The Kier molecular flexibility index (Phi) is 5.38. The summed E-state index contributed by atoms with van der Waals surface area (Å²) in [5.74, 6) is -0.569. The molecule has 0 aromatic heterocycles. The molecule has 1 saturated heterocycles. The molecular weight excluding hydrogens is 284 g/mol. The average molecular weight is 306 g/mol. The summed E-state index contributed by atoms with van der Waals surface area (Å²) in [7, 11) is 1.59. The van der Waals surface area contributed by atoms with Gasteiger partial charge in [0.1, 0.15) is 5.75 Å². The maximum Gasteiger partial charge on any atom is 0.307 e. The predicted octanol–water partition coefficient (Wildman–Crippen LogP) is 1.82. The smallest absolute Gasteiger partial charge is 0.307 e. The highest BCUT2D eigenvalue weighted by Crippen LogP contribution is 2.20. The van der Waals surface area contributed by atoms with Crippen LogP contribution < -0.4 is 10.1 Å². The number of likely N-dealkylation sites (tertiary alicyclic amines) is 1. The number of methoxy groups -OCH3 is 1. The van der Waals surface area contributed by atoms with E-state index in [9.17, 15) is 9.59 Å². The van der Waals surface area contributed by atoms with Crippen molar-refractivity contribution in [3.63, 3.8) is 0 Å². The van der Waals surface area contributed by atoms with E-state index in [2.05, 4.69) is 5.32 Å². The molecule has 1 aromatic carbocycles. The van der Waals surface area contributed by atoms with Crippen molar-refractivity contribution in [1.82, 2.24) is 4.90 Å². The molecule has 2 unspecified atom stereocenters. The van der Waals surface area contributed by atoms with Crippen LogP contribution in [0.2, 0.25) is 0 Å². The summed E-state index contributed by atoms with van der Waals surface area (Å²) >= 11 is 0. The quantitative estimate of drug-likeness (QED) is 0.867. The molecule has 0 spiro atoms. The van der Waals surface area contributed by atoms with Gasteiger partial charge in [0.2, 0.25) is 5.91 Å². The van der Waals surface area contributed by atoms with Crippen LogP contribution in [0.4, 0.5) is 5.69 Å². The number of carbonyl (C=O) groups is 2. The predicted molar refractivity (Wildman–Crippen MR) is 83.0 cm³/mol. The molecule has 2 N–H and O–H groups in total. The number of aliphatic carboxylic acids is 1. The van der Waals surface area contributed by atoms with E-state index in [1.807, 2.05) is 11.8 Å². The molecule has 0 saturated carbocycles. The number of nitrogens with zero attached hydrogens (tertiary/aromatic N) is 1. The fourth-order valence-electron chi connectivity index (χ4n) is 2.65. The monoisotopic (exact) mass is 306 g/mol. The van der Waals surface area contributed by atoms with E-state index in [0.29, 0.717) is 18.7 Å². The molecular formula is C16H22N2O4. The second-order valence-electron chi connectivity index (χ2n) is 5.57. The van der Waals surface area contributed by atoms with Gasteiger partial charge >= 0.3 is 5.97 Å². The van der Waals surface area contributed by atoms with Gasteiger partial charge in [-0.25, -0.2) is 0 Å². The van der Waals surface area contributed by atoms with E-state index in [1.54, 1.807) is 31.4 Å². The molecule has 1 aromatic rings. The van der Waals surface area contributed by atoms with Crippen LogP contribution in [0.3, 0.4) is 0 Å². The molecule has 1 aliphatic heterocycles. The molecule has 2 atom stereocenters. The second-order valence-corrected chi connectivity index (χ2v) is 5.57. The molecule has 6 heteroatoms. The summed E-state index contributed by atoms with van der Waals surface area (Å²) in [6.07, 6.45) is 1.48. The minimum absolute atomic E-state index is 0.129. The van der Waals surface area contributed by atoms with Crippen molar-refractivity contribution in [1.29, 1.82) is 0 Å². The molecule has 2 rings (SSSR count). The first-order chi connectivity index (χ1) is 10.5. The van der Waals surface area contributed by atoms with Crippen LogP contribution in [0.15, 0.2) is 24.3 Å². The fourth-order valence-corrected chi connectivity index (χ4v) is 2.65. The fraction of sp³-hybridized carbons (Fsp3) is 0.500. The zero-order chi connectivity index (χ0) is 16.1. The highest BCUT2D eigenvalue weighted by atomic mass is 16.5. The Morgan fingerprint density at radius 3 is 2.64 bits per heavy atom. The van der Waals surface area contributed by atoms with Gasteiger partial charge in [0.15, 0.2) is 0 Å². The Labute approximate surface area is 130 Å². The van der Waals surface area contributed by atoms with Gasteiger partial charge in [-0.3, -0.25) is 14.5 Å². The molecule has 1 fully saturated rings. The highest BCUT2D eigenvalue weighted by molar-refractivity contribution is 5.94. The maximum atomic E-state index is 12.3. The molecule has 0 aliphatic carbocycles. The summed E-state index contributed by atoms with van der Waals surface area (Å²) in [6, 6.07) is 6.76. The number of nitrogens with one attached hydrogen (secondary N) is 1. The first-order valence-corrected chi connectivity index (χ1v) is 7.43. The number of hydrogen-bond donors (Lipinski definition) is 2. The number of carbonyl (C=O) groups excluding carboxylic acids is 1. The van der Waals surface area contributed by atoms with Gasteiger partial charge in [0, 0.05) is 12.2 Å². The Bertz CT molecular complexity index is 529. The molecule has 120 valence electrons. The van der Waals surface area contributed by atoms with Crippen LogP contribution in [0.1, 0.15) is 19.8 Å². The van der Waals surface area contributed by atoms with Gasteiger partial charge in [0.05, 0.1) is 19.1 Å². The molecule has 6 nitrogen and oxygen atoms in total. The summed E-state index contributed by atoms with van der Waals surface area (Å²) in [5, 5.41) is 12.0. The zero-order valence-electron chi connectivity index (χ0n) is 12.9. The molecule has 22 heavy (non-hydrogen) atoms. The summed E-state index contributed by atoms with van der Waals surface area (Å²) < 4.78 is 5.07. The third-order valence-electron chi connectivity index (χ3n) is 4.09. The normalized spacial score (nSPS) is 20.2. The van der Waals surface area contributed by atoms with Crippen molar-refractivity contribution in [2.45, 2.75) is 25.8 Å². The van der Waals surface area contributed by atoms with Gasteiger partial charge in [0.25, 0.3) is 0 Å². The van der Waals surface area contributed by atoms with Crippen LogP contribution in [0.25, 0.3) is 0 Å². The lowest BCUT2D eigenvalue weighted by atomic mass is 9.97. The van der Waals surface area contributed by atoms with Gasteiger partial charge in [-0.05, 0) is 50.6 Å². The standard InChI is InChI=1S/C16H22N2O4/c1-11(18-9-3-4-12(10-18)16(20)21)15(19)17-13-5-7-14(22-2)8-6-13/h5-8,11-12H,3-4,9-10H2,1-2H3,(H,17,19)(H,20,21). The lowest BCUT2D eigenvalue weighted by molar-refractivity contribution is -0.144. The van der Waals surface area contributed by atoms with Crippen molar-refractivity contribution >= 4 is 17.6 Å². The van der Waals surface area contributed by atoms with Crippen molar-refractivity contribution in [3.05, 3.63) is 24.3 Å². The number of carboxylic acids is 1. The van der Waals surface area contributed by atoms with Crippen molar-refractivity contribution in [3.8, 4) is 5.75 Å². The lowest BCUT2D eigenvalue weighted by Gasteiger charge is -2.34. The molecule has 1 heterocycles. The largest absolute Gasteiger partial charge is 0.497 e. The Morgan fingerprint density at radius 1 is 1.36 bits per heavy atom. The van der Waals surface area contributed by atoms with E-state index < -0.39 is 5.97 Å². The first-order valence-electron chi connectivity index (χ1n) is 7.43. The van der Waals surface area contributed by atoms with Crippen molar-refractivity contribution in [2.24, 2.45) is 5.92 Å². The highest BCUT2D eigenvalue weighted by Gasteiger charge is 2.30. The van der Waals surface area contributed by atoms with E-state index >= 15 is 0 Å². The van der Waals surface area contributed by atoms with Gasteiger partial charge in [-0.15, -0.1) is 0 Å². The molecule has 0 radical (unpaired) electrons. The van der Waals surface area contributed by atoms with E-state index in [-0.39, 0.29) is 17.9 Å². The number of anilines is 1. The van der Waals surface area contributed by atoms with Gasteiger partial charge in [-0.1, -0.05) is 0 Å². The average Bonchev–Trinajstić information content (AvgIpc) is 2.54. The van der Waals surface area contributed by atoms with Crippen LogP contribution in [0.5, 0.6) is 5.75 Å². The van der Waals surface area contributed by atoms with Crippen LogP contribution in [0, 0.1) is 5.92 Å². The van der Waals surface area contributed by atoms with Crippen molar-refractivity contribution in [2.75, 3.05) is 25.5 Å². The second kappa shape index (κ2) is 7.26. The van der Waals surface area contributed by atoms with Crippen LogP contribution >= 0.6 is 0 Å². The topological polar surface area (TPSA) is 78.9 Å². The minimum atomic E-state index is -0.785.